The van der Waals surface area contributed by atoms with E-state index in [1.54, 1.807) is 105 Å². The van der Waals surface area contributed by atoms with E-state index >= 15 is 24.0 Å². The molecule has 2 aliphatic rings. The van der Waals surface area contributed by atoms with E-state index in [0.717, 1.165) is 31.4 Å². The zero-order chi connectivity index (χ0) is 97.3. The third-order valence-corrected chi connectivity index (χ3v) is 24.4. The van der Waals surface area contributed by atoms with Gasteiger partial charge in [0.15, 0.2) is 5.96 Å². The molecule has 0 aliphatic carbocycles. The van der Waals surface area contributed by atoms with Crippen LogP contribution in [0.1, 0.15) is 140 Å². The molecule has 133 heavy (non-hydrogen) atoms. The van der Waals surface area contributed by atoms with Crippen LogP contribution in [0.25, 0.3) is 21.8 Å². The standard InChI is InChI=1S/C90H128N24O18S/c1-10-12-30-70-83(126)103-61(29-21-35-96-90(93)94)79(122)109-69(78(121)99-45-74(92)117)48-133-49-76(119)102-66(38-53-23-15-14-16-24-53)86(129)111(7)52(5)77(120)104-62(33-34-73(91)116)88(131)114-36-22-32-71(114)84(127)105-64(41-56-44-95-50-100-56)81(124)106-65(37-51(3)4)85(128)110(6)46-75(118)101-63(39-54-42-97-59-27-19-17-25-57(54)59)80(123)108-68(47-115)82(125)107-67(40-55-43-98-60-28-20-18-26-58(55)60)87(130)113(9)72(31-13-11-2)89(132)112(70)8/h14-20,23-28,42-44,50-52,61-72,97-98,115H,10-13,21-22,29-41,45-49H2,1-9H3,(H2,91,116)(H2,92,117)(H,95,100)(H,99,121)(H,101,118)(H,102,119)(H,103,126)(H,104,120)(H,105,127)(H,106,124)(H,107,125)(H,108,123)(H,109,122)(H4,93,94,96)/t52-,61-,62-,63-,64-,65-,66-,67-,68-,69-,70-,71-,72-/m0/s1. The van der Waals surface area contributed by atoms with Crippen molar-refractivity contribution >= 4 is 140 Å². The summed E-state index contributed by atoms with van der Waals surface area (Å²) in [6.07, 6.45) is 6.09. The Kier molecular flexibility index (Phi) is 40.5. The lowest BCUT2D eigenvalue weighted by Gasteiger charge is -2.36. The summed E-state index contributed by atoms with van der Waals surface area (Å²) < 4.78 is 0. The lowest BCUT2D eigenvalue weighted by atomic mass is 10.00. The summed E-state index contributed by atoms with van der Waals surface area (Å²) in [5.41, 5.74) is 20.0. The number of hydrogen-bond acceptors (Lipinski definition) is 21. The Morgan fingerprint density at radius 2 is 1.08 bits per heavy atom. The Hall–Kier alpha value is -13.5. The number of fused-ring (bicyclic) bond motifs is 3. The molecule has 6 aromatic rings. The number of guanidine groups is 1. The van der Waals surface area contributed by atoms with Crippen LogP contribution in [0.15, 0.2) is 104 Å². The summed E-state index contributed by atoms with van der Waals surface area (Å²) in [4.78, 5) is 267. The molecule has 22 N–H and O–H groups in total. The Morgan fingerprint density at radius 1 is 0.534 bits per heavy atom. The van der Waals surface area contributed by atoms with Crippen LogP contribution in [0.5, 0.6) is 0 Å². The SMILES string of the molecule is CCCC[C@H]1C(=O)N(C)[C@@H](CCCC)C(=O)N[C@@H](CCCNC(=N)N)C(=O)N[C@H](C(=O)NCC(N)=O)CSCC(=O)N[C@@H](Cc2ccccc2)C(=O)N(C)[C@@H](C)C(=O)N[C@@H](CCC(N)=O)C(=O)N2CCC[C@H]2C(=O)N[C@@H](Cc2cnc[nH]2)C(=O)N[C@@H](CC(C)C)C(=O)N(C)CC(=O)N[C@@H](Cc2c[nH]c3ccccc23)C(=O)N[C@@H](CO)C(=O)N[C@@H](Cc2c[nH]c3ccccc23)C(=O)N1C. The maximum atomic E-state index is 15.7. The van der Waals surface area contributed by atoms with Crippen LogP contribution in [0.2, 0.25) is 0 Å². The molecular weight excluding hydrogens is 1740 g/mol. The highest BCUT2D eigenvalue weighted by atomic mass is 32.2. The number of benzene rings is 3. The van der Waals surface area contributed by atoms with Gasteiger partial charge in [-0.1, -0.05) is 120 Å². The highest BCUT2D eigenvalue weighted by molar-refractivity contribution is 8.00. The number of imidazole rings is 1. The predicted octanol–water partition coefficient (Wildman–Crippen LogP) is -1.75. The van der Waals surface area contributed by atoms with Gasteiger partial charge in [0.1, 0.15) is 78.5 Å². The van der Waals surface area contributed by atoms with Crippen LogP contribution in [-0.2, 0) is 107 Å². The predicted molar refractivity (Wildman–Crippen MR) is 494 cm³/mol. The number of thioether (sulfide) groups is 1. The summed E-state index contributed by atoms with van der Waals surface area (Å²) in [7, 11) is 5.28. The average Bonchev–Trinajstić information content (AvgIpc) is 1.06. The van der Waals surface area contributed by atoms with Crippen LogP contribution >= 0.6 is 11.8 Å². The minimum atomic E-state index is -1.85. The number of aliphatic hydroxyl groups excluding tert-OH is 1. The molecule has 17 amide bonds. The van der Waals surface area contributed by atoms with E-state index in [0.29, 0.717) is 69.9 Å². The second-order valence-corrected chi connectivity index (χ2v) is 35.0. The highest BCUT2D eigenvalue weighted by Gasteiger charge is 2.44. The number of hydrogen-bond donors (Lipinski definition) is 19. The van der Waals surface area contributed by atoms with Crippen LogP contribution in [-0.4, -0.2) is 307 Å². The molecule has 8 rings (SSSR count). The van der Waals surface area contributed by atoms with Gasteiger partial charge >= 0.3 is 0 Å². The minimum absolute atomic E-state index is 0.00174. The summed E-state index contributed by atoms with van der Waals surface area (Å²) in [5.74, 6) is -16.6. The number of para-hydroxylation sites is 2. The topological polar surface area (TPSA) is 621 Å². The highest BCUT2D eigenvalue weighted by Crippen LogP contribution is 2.26. The second-order valence-electron chi connectivity index (χ2n) is 34.0. The van der Waals surface area contributed by atoms with E-state index in [9.17, 15) is 62.6 Å². The number of nitrogens with one attached hydrogen (secondary N) is 15. The molecule has 43 heteroatoms. The number of carbonyl (C=O) groups is 17. The molecule has 3 aromatic heterocycles. The smallest absolute Gasteiger partial charge is 0.245 e. The van der Waals surface area contributed by atoms with Crippen molar-refractivity contribution in [3.8, 4) is 0 Å². The average molecular weight is 1870 g/mol. The molecule has 0 radical (unpaired) electrons. The molecule has 2 fully saturated rings. The first-order valence-corrected chi connectivity index (χ1v) is 45.9. The van der Waals surface area contributed by atoms with E-state index in [1.807, 2.05) is 13.8 Å². The number of H-pyrrole nitrogens is 3. The first kappa shape index (κ1) is 105. The van der Waals surface area contributed by atoms with Crippen molar-refractivity contribution in [2.75, 3.05) is 72.5 Å². The summed E-state index contributed by atoms with van der Waals surface area (Å²) in [6.45, 7) is 6.02. The third kappa shape index (κ3) is 30.8. The molecule has 0 unspecified atom stereocenters. The number of primary amides is 2. The van der Waals surface area contributed by atoms with E-state index in [4.69, 9.17) is 22.6 Å². The number of nitrogens with two attached hydrogens (primary N) is 3. The van der Waals surface area contributed by atoms with Crippen molar-refractivity contribution in [3.63, 3.8) is 0 Å². The Morgan fingerprint density at radius 3 is 1.68 bits per heavy atom. The first-order chi connectivity index (χ1) is 63.4. The molecule has 2 saturated heterocycles. The van der Waals surface area contributed by atoms with Gasteiger partial charge in [-0.05, 0) is 93.0 Å². The van der Waals surface area contributed by atoms with Crippen molar-refractivity contribution in [3.05, 3.63) is 126 Å². The van der Waals surface area contributed by atoms with Crippen molar-refractivity contribution < 1.29 is 86.6 Å². The fraction of sp³-hybridized carbons (Fsp3) is 0.522. The number of amides is 17. The summed E-state index contributed by atoms with van der Waals surface area (Å²) in [5, 5.41) is 49.6. The largest absolute Gasteiger partial charge is 0.394 e. The summed E-state index contributed by atoms with van der Waals surface area (Å²) in [6, 6.07) is 3.26. The molecular formula is C90H128N24O18S. The number of carbonyl (C=O) groups excluding carboxylic acids is 17. The number of nitrogens with zero attached hydrogens (tertiary/aromatic N) is 6. The monoisotopic (exact) mass is 1860 g/mol. The number of rotatable bonds is 27. The van der Waals surface area contributed by atoms with Crippen LogP contribution in [0, 0.1) is 11.3 Å². The van der Waals surface area contributed by atoms with Crippen LogP contribution < -0.4 is 75.7 Å². The quantitative estimate of drug-likeness (QED) is 0.0154. The Bertz CT molecular complexity index is 5070. The molecule has 0 saturated carbocycles. The maximum absolute atomic E-state index is 15.7. The third-order valence-electron chi connectivity index (χ3n) is 23.4. The van der Waals surface area contributed by atoms with Gasteiger partial charge in [0.2, 0.25) is 100 Å². The fourth-order valence-corrected chi connectivity index (χ4v) is 16.8. The van der Waals surface area contributed by atoms with Crippen molar-refractivity contribution in [1.82, 2.24) is 103 Å². The lowest BCUT2D eigenvalue weighted by molar-refractivity contribution is -0.149. The molecule has 0 spiro atoms. The van der Waals surface area contributed by atoms with Crippen molar-refractivity contribution in [1.29, 1.82) is 5.41 Å². The van der Waals surface area contributed by atoms with Gasteiger partial charge < -0.3 is 120 Å². The van der Waals surface area contributed by atoms with Gasteiger partial charge in [-0.3, -0.25) is 86.9 Å². The van der Waals surface area contributed by atoms with Gasteiger partial charge in [0.25, 0.3) is 0 Å². The van der Waals surface area contributed by atoms with Crippen molar-refractivity contribution in [2.24, 2.45) is 23.1 Å². The molecule has 2 aliphatic heterocycles. The maximum Gasteiger partial charge on any atom is 0.245 e. The zero-order valence-electron chi connectivity index (χ0n) is 76.6. The number of aromatic amines is 3. The first-order valence-electron chi connectivity index (χ1n) is 44.7. The number of aliphatic hydroxyl groups is 1. The van der Waals surface area contributed by atoms with Gasteiger partial charge in [-0.2, -0.15) is 0 Å². The molecule has 0 bridgehead atoms. The molecule has 13 atom stereocenters. The molecule has 722 valence electrons. The van der Waals surface area contributed by atoms with E-state index in [2.05, 4.69) is 78.4 Å². The Labute approximate surface area is 775 Å². The lowest BCUT2D eigenvalue weighted by Crippen LogP contribution is -2.61. The van der Waals surface area contributed by atoms with Crippen LogP contribution in [0.4, 0.5) is 0 Å². The normalized spacial score (nSPS) is 23.4. The van der Waals surface area contributed by atoms with Crippen LogP contribution in [0.3, 0.4) is 0 Å². The molecule has 3 aromatic carbocycles. The summed E-state index contributed by atoms with van der Waals surface area (Å²) >= 11 is 0.802. The van der Waals surface area contributed by atoms with Gasteiger partial charge in [-0.15, -0.1) is 11.8 Å². The number of likely N-dealkylation sites (N-methyl/N-ethyl adjacent to an activating group) is 4. The van der Waals surface area contributed by atoms with E-state index < -0.39 is 223 Å². The number of aromatic nitrogens is 4. The van der Waals surface area contributed by atoms with Gasteiger partial charge in [0.05, 0.1) is 31.8 Å². The fourth-order valence-electron chi connectivity index (χ4n) is 15.9. The van der Waals surface area contributed by atoms with Gasteiger partial charge in [-0.25, -0.2) is 4.98 Å². The number of unbranched alkanes of at least 4 members (excludes halogenated alkanes) is 2. The zero-order valence-corrected chi connectivity index (χ0v) is 77.4. The Balaban J connectivity index is 1.18. The van der Waals surface area contributed by atoms with E-state index in [1.165, 1.54) is 52.5 Å². The van der Waals surface area contributed by atoms with Gasteiger partial charge in [0, 0.05) is 125 Å². The van der Waals surface area contributed by atoms with Crippen molar-refractivity contribution in [2.45, 2.75) is 222 Å². The second kappa shape index (κ2) is 51.4. The minimum Gasteiger partial charge on any atom is -0.394 e. The molecule has 5 heterocycles. The molecule has 42 nitrogen and oxygen atoms in total. The van der Waals surface area contributed by atoms with E-state index in [-0.39, 0.29) is 96.1 Å².